The van der Waals surface area contributed by atoms with Crippen LogP contribution in [0, 0.1) is 10.1 Å². The molecule has 1 aromatic heterocycles. The van der Waals surface area contributed by atoms with Crippen LogP contribution in [0.1, 0.15) is 19.0 Å². The van der Waals surface area contributed by atoms with E-state index in [1.54, 1.807) is 36.0 Å². The first-order valence-corrected chi connectivity index (χ1v) is 7.01. The first-order valence-electron chi connectivity index (χ1n) is 6.20. The quantitative estimate of drug-likeness (QED) is 0.676. The van der Waals surface area contributed by atoms with Gasteiger partial charge in [-0.15, -0.1) is 0 Å². The Hall–Kier alpha value is -2.02. The Kier molecular flexibility index (Phi) is 4.29. The van der Waals surface area contributed by atoms with Crippen LogP contribution in [-0.4, -0.2) is 19.8 Å². The van der Waals surface area contributed by atoms with Gasteiger partial charge in [0, 0.05) is 11.9 Å². The molecular weight excluding hydrogens is 278 g/mol. The molecule has 106 valence electrons. The number of phenolic OH excluding ortho intramolecular Hbond substituents is 1. The number of aromatic hydroxyl groups is 1. The highest BCUT2D eigenvalue weighted by atomic mass is 32.2. The number of rotatable bonds is 5. The van der Waals surface area contributed by atoms with Crippen molar-refractivity contribution < 1.29 is 10.0 Å². The standard InChI is InChI=1S/C13H15N3O3S/c1-3-4-11-12(16(18)19)13(15(2)14-11)20-10-7-5-9(17)6-8-10/h5-8,17H,3-4H2,1-2H3. The van der Waals surface area contributed by atoms with Crippen molar-refractivity contribution in [2.24, 2.45) is 7.05 Å². The van der Waals surface area contributed by atoms with Crippen molar-refractivity contribution in [3.8, 4) is 5.75 Å². The zero-order chi connectivity index (χ0) is 14.7. The van der Waals surface area contributed by atoms with Gasteiger partial charge in [-0.2, -0.15) is 5.10 Å². The number of aromatic nitrogens is 2. The van der Waals surface area contributed by atoms with Crippen molar-refractivity contribution in [2.45, 2.75) is 29.7 Å². The van der Waals surface area contributed by atoms with Crippen LogP contribution in [0.15, 0.2) is 34.2 Å². The van der Waals surface area contributed by atoms with Gasteiger partial charge in [0.15, 0.2) is 5.03 Å². The summed E-state index contributed by atoms with van der Waals surface area (Å²) in [6, 6.07) is 6.54. The molecule has 2 aromatic rings. The molecule has 0 aliphatic heterocycles. The lowest BCUT2D eigenvalue weighted by Gasteiger charge is -2.02. The van der Waals surface area contributed by atoms with Crippen molar-refractivity contribution in [3.63, 3.8) is 0 Å². The van der Waals surface area contributed by atoms with Crippen LogP contribution >= 0.6 is 11.8 Å². The second-order valence-corrected chi connectivity index (χ2v) is 5.39. The van der Waals surface area contributed by atoms with Crippen LogP contribution < -0.4 is 0 Å². The van der Waals surface area contributed by atoms with E-state index in [4.69, 9.17) is 0 Å². The van der Waals surface area contributed by atoms with E-state index in [-0.39, 0.29) is 16.4 Å². The minimum absolute atomic E-state index is 0.0763. The molecule has 1 N–H and O–H groups in total. The largest absolute Gasteiger partial charge is 0.508 e. The van der Waals surface area contributed by atoms with Crippen LogP contribution in [-0.2, 0) is 13.5 Å². The van der Waals surface area contributed by atoms with Crippen molar-refractivity contribution >= 4 is 17.4 Å². The lowest BCUT2D eigenvalue weighted by Crippen LogP contribution is -1.94. The number of aryl methyl sites for hydroxylation is 2. The van der Waals surface area contributed by atoms with Crippen LogP contribution in [0.25, 0.3) is 0 Å². The maximum Gasteiger partial charge on any atom is 0.324 e. The second-order valence-electron chi connectivity index (χ2n) is 4.33. The van der Waals surface area contributed by atoms with Gasteiger partial charge in [0.25, 0.3) is 0 Å². The molecule has 0 atom stereocenters. The Balaban J connectivity index is 2.39. The molecule has 0 aliphatic rings. The SMILES string of the molecule is CCCc1nn(C)c(Sc2ccc(O)cc2)c1[N+](=O)[O-]. The van der Waals surface area contributed by atoms with Gasteiger partial charge in [0.05, 0.1) is 4.92 Å². The fraction of sp³-hybridized carbons (Fsp3) is 0.308. The third-order valence-corrected chi connectivity index (χ3v) is 3.92. The minimum Gasteiger partial charge on any atom is -0.508 e. The summed E-state index contributed by atoms with van der Waals surface area (Å²) >= 11 is 1.27. The van der Waals surface area contributed by atoms with Gasteiger partial charge < -0.3 is 5.11 Å². The summed E-state index contributed by atoms with van der Waals surface area (Å²) in [6.45, 7) is 1.96. The van der Waals surface area contributed by atoms with E-state index in [1.165, 1.54) is 11.8 Å². The molecule has 0 amide bonds. The Morgan fingerprint density at radius 3 is 2.60 bits per heavy atom. The van der Waals surface area contributed by atoms with E-state index < -0.39 is 0 Å². The molecule has 0 unspecified atom stereocenters. The number of hydrogen-bond donors (Lipinski definition) is 1. The lowest BCUT2D eigenvalue weighted by molar-refractivity contribution is -0.388. The Bertz CT molecular complexity index is 623. The monoisotopic (exact) mass is 293 g/mol. The fourth-order valence-corrected chi connectivity index (χ4v) is 2.84. The molecule has 20 heavy (non-hydrogen) atoms. The molecule has 0 spiro atoms. The van der Waals surface area contributed by atoms with Crippen molar-refractivity contribution in [3.05, 3.63) is 40.1 Å². The summed E-state index contributed by atoms with van der Waals surface area (Å²) in [7, 11) is 1.70. The van der Waals surface area contributed by atoms with Gasteiger partial charge in [-0.3, -0.25) is 14.8 Å². The van der Waals surface area contributed by atoms with E-state index in [0.717, 1.165) is 11.3 Å². The Labute approximate surface area is 120 Å². The number of benzene rings is 1. The highest BCUT2D eigenvalue weighted by Crippen LogP contribution is 2.37. The second kappa shape index (κ2) is 5.96. The summed E-state index contributed by atoms with van der Waals surface area (Å²) in [4.78, 5) is 11.7. The number of nitrogens with zero attached hydrogens (tertiary/aromatic N) is 3. The van der Waals surface area contributed by atoms with Crippen molar-refractivity contribution in [1.82, 2.24) is 9.78 Å². The Morgan fingerprint density at radius 2 is 2.05 bits per heavy atom. The van der Waals surface area contributed by atoms with Crippen LogP contribution in [0.5, 0.6) is 5.75 Å². The zero-order valence-electron chi connectivity index (χ0n) is 11.2. The van der Waals surface area contributed by atoms with Gasteiger partial charge in [-0.1, -0.05) is 25.1 Å². The van der Waals surface area contributed by atoms with Gasteiger partial charge in [0.2, 0.25) is 0 Å². The van der Waals surface area contributed by atoms with E-state index in [2.05, 4.69) is 5.10 Å². The third-order valence-electron chi connectivity index (χ3n) is 2.76. The molecule has 2 rings (SSSR count). The maximum atomic E-state index is 11.3. The van der Waals surface area contributed by atoms with E-state index in [1.807, 2.05) is 6.92 Å². The summed E-state index contributed by atoms with van der Waals surface area (Å²) < 4.78 is 1.54. The highest BCUT2D eigenvalue weighted by Gasteiger charge is 2.26. The third kappa shape index (κ3) is 2.93. The van der Waals surface area contributed by atoms with Gasteiger partial charge >= 0.3 is 5.69 Å². The molecule has 0 radical (unpaired) electrons. The van der Waals surface area contributed by atoms with E-state index in [9.17, 15) is 15.2 Å². The minimum atomic E-state index is -0.374. The first kappa shape index (κ1) is 14.4. The molecule has 6 nitrogen and oxygen atoms in total. The molecule has 7 heteroatoms. The average molecular weight is 293 g/mol. The summed E-state index contributed by atoms with van der Waals surface area (Å²) in [6.07, 6.45) is 1.39. The first-order chi connectivity index (χ1) is 9.52. The van der Waals surface area contributed by atoms with E-state index in [0.29, 0.717) is 17.1 Å². The molecule has 0 aliphatic carbocycles. The topological polar surface area (TPSA) is 81.2 Å². The highest BCUT2D eigenvalue weighted by molar-refractivity contribution is 7.99. The molecular formula is C13H15N3O3S. The van der Waals surface area contributed by atoms with Gasteiger partial charge in [-0.25, -0.2) is 0 Å². The number of hydrogen-bond acceptors (Lipinski definition) is 5. The van der Waals surface area contributed by atoms with Crippen LogP contribution in [0.3, 0.4) is 0 Å². The summed E-state index contributed by atoms with van der Waals surface area (Å²) in [5, 5.41) is 25.3. The van der Waals surface area contributed by atoms with Crippen molar-refractivity contribution in [1.29, 1.82) is 0 Å². The van der Waals surface area contributed by atoms with Crippen LogP contribution in [0.2, 0.25) is 0 Å². The molecule has 0 fully saturated rings. The van der Waals surface area contributed by atoms with Gasteiger partial charge in [-0.05, 0) is 30.7 Å². The number of phenols is 1. The molecule has 1 heterocycles. The van der Waals surface area contributed by atoms with Crippen LogP contribution in [0.4, 0.5) is 5.69 Å². The molecule has 0 bridgehead atoms. The molecule has 1 aromatic carbocycles. The van der Waals surface area contributed by atoms with Crippen molar-refractivity contribution in [2.75, 3.05) is 0 Å². The number of nitro groups is 1. The summed E-state index contributed by atoms with van der Waals surface area (Å²) in [5.41, 5.74) is 0.591. The predicted molar refractivity (Wildman–Crippen MR) is 76.1 cm³/mol. The van der Waals surface area contributed by atoms with Gasteiger partial charge in [0.1, 0.15) is 11.4 Å². The van der Waals surface area contributed by atoms with E-state index >= 15 is 0 Å². The Morgan fingerprint density at radius 1 is 1.40 bits per heavy atom. The lowest BCUT2D eigenvalue weighted by atomic mass is 10.2. The molecule has 0 saturated heterocycles. The molecule has 0 saturated carbocycles. The zero-order valence-corrected chi connectivity index (χ0v) is 12.1. The fourth-order valence-electron chi connectivity index (χ4n) is 1.88. The normalized spacial score (nSPS) is 10.7. The summed E-state index contributed by atoms with van der Waals surface area (Å²) in [5.74, 6) is 0.167. The average Bonchev–Trinajstić information content (AvgIpc) is 2.69. The predicted octanol–water partition coefficient (Wildman–Crippen LogP) is 3.14. The maximum absolute atomic E-state index is 11.3. The smallest absolute Gasteiger partial charge is 0.324 e.